The van der Waals surface area contributed by atoms with Crippen LogP contribution in [0.1, 0.15) is 48.5 Å². The minimum atomic E-state index is -1.50. The number of hydrogen-bond acceptors (Lipinski definition) is 8. The molecule has 3 aromatic rings. The summed E-state index contributed by atoms with van der Waals surface area (Å²) in [7, 11) is 2.84. The van der Waals surface area contributed by atoms with E-state index in [1.807, 2.05) is 6.08 Å². The number of benzene rings is 3. The van der Waals surface area contributed by atoms with Crippen LogP contribution in [0.4, 0.5) is 15.8 Å². The molecule has 6 atom stereocenters. The van der Waals surface area contributed by atoms with Crippen LogP contribution >= 0.6 is 11.6 Å². The summed E-state index contributed by atoms with van der Waals surface area (Å²) in [5.74, 6) is -6.86. The van der Waals surface area contributed by atoms with Crippen molar-refractivity contribution in [1.82, 2.24) is 0 Å². The number of anilines is 2. The van der Waals surface area contributed by atoms with Gasteiger partial charge in [0.1, 0.15) is 23.1 Å². The number of carbonyl (C=O) groups is 5. The maximum Gasteiger partial charge on any atom is 0.241 e. The van der Waals surface area contributed by atoms with Crippen LogP contribution in [0.25, 0.3) is 0 Å². The standard InChI is InChI=1S/C37H32ClFN2O8/c1-17(42)18-5-7-19(8-6-18)40-33(44)23-11-10-22-24(30(23)35(40)46)16-25-34(45)41(20-9-12-27(39)26(38)13-20)36(47)37(25,2)32(22)31-28(43)14-21(48-3)15-29(31)49-4/h5-10,12-15,23-25,30,32,43H,11,16H2,1-4H3. The number of ketones is 1. The lowest BCUT2D eigenvalue weighted by atomic mass is 9.51. The van der Waals surface area contributed by atoms with Crippen molar-refractivity contribution in [3.63, 3.8) is 0 Å². The molecule has 2 aliphatic carbocycles. The Morgan fingerprint density at radius 2 is 1.61 bits per heavy atom. The van der Waals surface area contributed by atoms with Crippen molar-refractivity contribution in [2.24, 2.45) is 29.1 Å². The summed E-state index contributed by atoms with van der Waals surface area (Å²) in [6.45, 7) is 3.08. The number of hydrogen-bond donors (Lipinski definition) is 1. The first-order valence-corrected chi connectivity index (χ1v) is 16.2. The highest BCUT2D eigenvalue weighted by molar-refractivity contribution is 6.32. The van der Waals surface area contributed by atoms with Crippen LogP contribution in [0.15, 0.2) is 66.2 Å². The molecule has 3 aromatic carbocycles. The van der Waals surface area contributed by atoms with Gasteiger partial charge >= 0.3 is 0 Å². The summed E-state index contributed by atoms with van der Waals surface area (Å²) in [6.07, 6.45) is 2.09. The summed E-state index contributed by atoms with van der Waals surface area (Å²) >= 11 is 6.08. The number of aromatic hydroxyl groups is 1. The summed E-state index contributed by atoms with van der Waals surface area (Å²) in [4.78, 5) is 71.3. The van der Waals surface area contributed by atoms with Crippen LogP contribution in [-0.4, -0.2) is 48.7 Å². The Balaban J connectivity index is 1.39. The van der Waals surface area contributed by atoms with Gasteiger partial charge in [0, 0.05) is 29.2 Å². The molecule has 252 valence electrons. The van der Waals surface area contributed by atoms with Gasteiger partial charge in [0.15, 0.2) is 5.78 Å². The summed E-state index contributed by atoms with van der Waals surface area (Å²) in [6, 6.07) is 12.8. The van der Waals surface area contributed by atoms with Gasteiger partial charge in [-0.25, -0.2) is 9.29 Å². The number of fused-ring (bicyclic) bond motifs is 4. The van der Waals surface area contributed by atoms with Gasteiger partial charge in [0.05, 0.1) is 53.8 Å². The normalized spacial score (nSPS) is 27.5. The van der Waals surface area contributed by atoms with E-state index in [2.05, 4.69) is 0 Å². The van der Waals surface area contributed by atoms with E-state index in [1.165, 1.54) is 39.3 Å². The number of ether oxygens (including phenoxy) is 2. The van der Waals surface area contributed by atoms with Crippen molar-refractivity contribution >= 4 is 52.4 Å². The lowest BCUT2D eigenvalue weighted by Gasteiger charge is -2.49. The molecule has 1 N–H and O–H groups in total. The summed E-state index contributed by atoms with van der Waals surface area (Å²) in [5, 5.41) is 11.3. The highest BCUT2D eigenvalue weighted by Gasteiger charge is 2.68. The van der Waals surface area contributed by atoms with Gasteiger partial charge in [0.25, 0.3) is 0 Å². The number of allylic oxidation sites excluding steroid dienone is 2. The molecule has 12 heteroatoms. The van der Waals surface area contributed by atoms with Crippen LogP contribution in [-0.2, 0) is 19.2 Å². The third kappa shape index (κ3) is 4.62. The van der Waals surface area contributed by atoms with Gasteiger partial charge < -0.3 is 14.6 Å². The first-order valence-electron chi connectivity index (χ1n) is 15.8. The monoisotopic (exact) mass is 686 g/mol. The molecule has 0 aromatic heterocycles. The molecule has 10 nitrogen and oxygen atoms in total. The number of carbonyl (C=O) groups excluding carboxylic acids is 5. The molecule has 0 spiro atoms. The minimum absolute atomic E-state index is 0.0609. The second kappa shape index (κ2) is 11.5. The van der Waals surface area contributed by atoms with Crippen molar-refractivity contribution in [3.8, 4) is 17.2 Å². The molecular formula is C37H32ClFN2O8. The molecular weight excluding hydrogens is 655 g/mol. The average molecular weight is 687 g/mol. The van der Waals surface area contributed by atoms with Gasteiger partial charge in [-0.1, -0.05) is 23.3 Å². The Hall–Kier alpha value is -5.03. The van der Waals surface area contributed by atoms with E-state index in [0.717, 1.165) is 15.9 Å². The van der Waals surface area contributed by atoms with E-state index in [4.69, 9.17) is 21.1 Å². The number of nitrogens with zero attached hydrogens (tertiary/aromatic N) is 2. The fraction of sp³-hybridized carbons (Fsp3) is 0.324. The number of Topliss-reactive ketones (excluding diaryl/α,β-unsaturated/α-hetero) is 1. The molecule has 49 heavy (non-hydrogen) atoms. The lowest BCUT2D eigenvalue weighted by molar-refractivity contribution is -0.131. The number of amides is 4. The predicted octanol–water partition coefficient (Wildman–Crippen LogP) is 5.84. The summed E-state index contributed by atoms with van der Waals surface area (Å²) in [5.41, 5.74) is 0.217. The van der Waals surface area contributed by atoms with Crippen LogP contribution in [0.2, 0.25) is 5.02 Å². The predicted molar refractivity (Wildman–Crippen MR) is 176 cm³/mol. The molecule has 2 saturated heterocycles. The van der Waals surface area contributed by atoms with Crippen molar-refractivity contribution in [2.75, 3.05) is 24.0 Å². The van der Waals surface area contributed by atoms with Crippen LogP contribution in [0.3, 0.4) is 0 Å². The SMILES string of the molecule is COc1cc(O)c(C2C3=CCC4C(=O)N(c5ccc(C(C)=O)cc5)C(=O)C4C3CC3C(=O)N(c4ccc(F)c(Cl)c4)C(=O)C32C)c(OC)c1. The zero-order chi connectivity index (χ0) is 35.1. The van der Waals surface area contributed by atoms with E-state index in [-0.39, 0.29) is 46.4 Å². The fourth-order valence-corrected chi connectivity index (χ4v) is 8.63. The number of phenolic OH excluding ortho intramolecular Hbond substituents is 1. The molecule has 4 amide bonds. The average Bonchev–Trinajstić information content (AvgIpc) is 3.45. The van der Waals surface area contributed by atoms with E-state index in [9.17, 15) is 33.5 Å². The Morgan fingerprint density at radius 3 is 2.24 bits per heavy atom. The van der Waals surface area contributed by atoms with Crippen molar-refractivity contribution < 1.29 is 42.9 Å². The number of rotatable bonds is 6. The van der Waals surface area contributed by atoms with E-state index in [1.54, 1.807) is 37.3 Å². The molecule has 0 radical (unpaired) electrons. The third-order valence-electron chi connectivity index (χ3n) is 10.8. The highest BCUT2D eigenvalue weighted by atomic mass is 35.5. The smallest absolute Gasteiger partial charge is 0.241 e. The first-order chi connectivity index (χ1) is 23.3. The van der Waals surface area contributed by atoms with Crippen molar-refractivity contribution in [1.29, 1.82) is 0 Å². The van der Waals surface area contributed by atoms with E-state index >= 15 is 0 Å². The zero-order valence-electron chi connectivity index (χ0n) is 27.0. The second-order valence-corrected chi connectivity index (χ2v) is 13.5. The fourth-order valence-electron chi connectivity index (χ4n) is 8.46. The van der Waals surface area contributed by atoms with Gasteiger partial charge in [-0.05, 0) is 75.1 Å². The van der Waals surface area contributed by atoms with Gasteiger partial charge in [0.2, 0.25) is 23.6 Å². The topological polar surface area (TPSA) is 131 Å². The Kier molecular flexibility index (Phi) is 7.66. The maximum atomic E-state index is 14.7. The number of phenols is 1. The quantitative estimate of drug-likeness (QED) is 0.195. The van der Waals surface area contributed by atoms with Gasteiger partial charge in [-0.2, -0.15) is 0 Å². The Bertz CT molecular complexity index is 2010. The Labute approximate surface area is 286 Å². The van der Waals surface area contributed by atoms with Gasteiger partial charge in [-0.15, -0.1) is 0 Å². The molecule has 2 heterocycles. The molecule has 2 aliphatic heterocycles. The minimum Gasteiger partial charge on any atom is -0.507 e. The number of methoxy groups -OCH3 is 2. The van der Waals surface area contributed by atoms with Crippen LogP contribution < -0.4 is 19.3 Å². The molecule has 0 bridgehead atoms. The molecule has 4 aliphatic rings. The van der Waals surface area contributed by atoms with Crippen LogP contribution in [0, 0.1) is 34.9 Å². The van der Waals surface area contributed by atoms with Crippen LogP contribution in [0.5, 0.6) is 17.2 Å². The molecule has 6 unspecified atom stereocenters. The molecule has 1 saturated carbocycles. The maximum absolute atomic E-state index is 14.7. The van der Waals surface area contributed by atoms with Crippen molar-refractivity contribution in [2.45, 2.75) is 32.6 Å². The molecule has 7 rings (SSSR count). The lowest BCUT2D eigenvalue weighted by Crippen LogP contribution is -2.49. The molecule has 3 fully saturated rings. The first kappa shape index (κ1) is 32.5. The number of imide groups is 2. The largest absolute Gasteiger partial charge is 0.507 e. The summed E-state index contributed by atoms with van der Waals surface area (Å²) < 4.78 is 25.3. The van der Waals surface area contributed by atoms with Crippen molar-refractivity contribution in [3.05, 3.63) is 88.2 Å². The van der Waals surface area contributed by atoms with E-state index < -0.39 is 64.5 Å². The Morgan fingerprint density at radius 1 is 0.918 bits per heavy atom. The third-order valence-corrected chi connectivity index (χ3v) is 11.1. The number of halogens is 2. The van der Waals surface area contributed by atoms with E-state index in [0.29, 0.717) is 22.6 Å². The zero-order valence-corrected chi connectivity index (χ0v) is 27.8. The highest BCUT2D eigenvalue weighted by Crippen LogP contribution is 2.65. The second-order valence-electron chi connectivity index (χ2n) is 13.1. The van der Waals surface area contributed by atoms with Gasteiger partial charge in [-0.3, -0.25) is 28.9 Å².